The molecule has 1 aromatic rings. The van der Waals surface area contributed by atoms with Crippen molar-refractivity contribution in [1.29, 1.82) is 0 Å². The zero-order chi connectivity index (χ0) is 9.23. The van der Waals surface area contributed by atoms with Gasteiger partial charge in [0.05, 0.1) is 0 Å². The topological polar surface area (TPSA) is 25.8 Å². The largest absolute Gasteiger partial charge is 0.147 e. The first-order valence-electron chi connectivity index (χ1n) is 4.54. The van der Waals surface area contributed by atoms with E-state index in [9.17, 15) is 0 Å². The van der Waals surface area contributed by atoms with Crippen molar-refractivity contribution in [3.05, 3.63) is 10.5 Å². The molecule has 0 atom stereocenters. The maximum absolute atomic E-state index is 3.69. The van der Waals surface area contributed by atoms with Crippen LogP contribution in [0.1, 0.15) is 44.5 Å². The molecule has 0 aliphatic heterocycles. The molecule has 0 radical (unpaired) electrons. The lowest BCUT2D eigenvalue weighted by molar-refractivity contribution is 0.702. The second-order valence-corrected chi connectivity index (χ2v) is 3.70. The minimum absolute atomic E-state index is 1.02. The van der Waals surface area contributed by atoms with Crippen molar-refractivity contribution in [2.24, 2.45) is 0 Å². The maximum atomic E-state index is 3.69. The van der Waals surface area contributed by atoms with E-state index < -0.39 is 0 Å². The van der Waals surface area contributed by atoms with Crippen molar-refractivity contribution >= 4 is 11.3 Å². The number of unbranched alkanes of at least 4 members (excludes halogenated alkanes) is 3. The second-order valence-electron chi connectivity index (χ2n) is 2.66. The molecular formula is C9H18N2S. The van der Waals surface area contributed by atoms with Crippen LogP contribution in [-0.4, -0.2) is 10.2 Å². The quantitative estimate of drug-likeness (QED) is 0.676. The molecule has 0 bridgehead atoms. The van der Waals surface area contributed by atoms with E-state index in [1.165, 1.54) is 25.7 Å². The molecule has 0 spiro atoms. The molecule has 0 aliphatic carbocycles. The average molecular weight is 186 g/mol. The molecule has 3 heteroatoms. The van der Waals surface area contributed by atoms with Crippen molar-refractivity contribution in [2.45, 2.75) is 46.5 Å². The van der Waals surface area contributed by atoms with E-state index >= 15 is 0 Å². The van der Waals surface area contributed by atoms with Crippen molar-refractivity contribution in [2.75, 3.05) is 0 Å². The van der Waals surface area contributed by atoms with Gasteiger partial charge in [0.25, 0.3) is 0 Å². The van der Waals surface area contributed by atoms with E-state index in [-0.39, 0.29) is 0 Å². The third-order valence-electron chi connectivity index (χ3n) is 1.43. The first-order valence-corrected chi connectivity index (χ1v) is 5.42. The van der Waals surface area contributed by atoms with Crippen LogP contribution in [0, 0.1) is 6.92 Å². The molecule has 1 heterocycles. The van der Waals surface area contributed by atoms with Crippen LogP contribution in [0.4, 0.5) is 0 Å². The molecule has 0 saturated carbocycles. The monoisotopic (exact) mass is 186 g/mol. The van der Waals surface area contributed by atoms with Crippen molar-refractivity contribution in [1.82, 2.24) is 10.2 Å². The summed E-state index contributed by atoms with van der Waals surface area (Å²) >= 11 is 1.56. The van der Waals surface area contributed by atoms with Crippen LogP contribution in [0.2, 0.25) is 0 Å². The fourth-order valence-electron chi connectivity index (χ4n) is 0.728. The number of hydrogen-bond donors (Lipinski definition) is 0. The van der Waals surface area contributed by atoms with Crippen LogP contribution in [0.5, 0.6) is 0 Å². The Labute approximate surface area is 79.0 Å². The molecule has 0 saturated heterocycles. The number of rotatable bonds is 3. The predicted octanol–water partition coefficient (Wildman–Crippen LogP) is 3.43. The first kappa shape index (κ1) is 11.6. The van der Waals surface area contributed by atoms with Gasteiger partial charge in [-0.3, -0.25) is 0 Å². The lowest BCUT2D eigenvalue weighted by atomic mass is 10.2. The van der Waals surface area contributed by atoms with E-state index in [0.717, 1.165) is 5.01 Å². The van der Waals surface area contributed by atoms with Crippen LogP contribution in [-0.2, 0) is 0 Å². The summed E-state index contributed by atoms with van der Waals surface area (Å²) in [5.41, 5.74) is 1.72. The normalized spacial score (nSPS) is 8.92. The van der Waals surface area contributed by atoms with Gasteiger partial charge in [-0.25, -0.2) is 0 Å². The van der Waals surface area contributed by atoms with Crippen LogP contribution in [0.15, 0.2) is 5.51 Å². The number of nitrogens with zero attached hydrogens (tertiary/aromatic N) is 2. The smallest absolute Gasteiger partial charge is 0.114 e. The predicted molar refractivity (Wildman–Crippen MR) is 54.5 cm³/mol. The van der Waals surface area contributed by atoms with Crippen molar-refractivity contribution < 1.29 is 0 Å². The van der Waals surface area contributed by atoms with Crippen LogP contribution < -0.4 is 0 Å². The summed E-state index contributed by atoms with van der Waals surface area (Å²) in [6.07, 6.45) is 5.54. The van der Waals surface area contributed by atoms with Gasteiger partial charge in [0.15, 0.2) is 0 Å². The fraction of sp³-hybridized carbons (Fsp3) is 0.778. The summed E-state index contributed by atoms with van der Waals surface area (Å²) in [6, 6.07) is 0. The Hall–Kier alpha value is -0.440. The molecule has 0 fully saturated rings. The second kappa shape index (κ2) is 8.65. The minimum atomic E-state index is 1.02. The zero-order valence-corrected chi connectivity index (χ0v) is 9.02. The Morgan fingerprint density at radius 1 is 1.25 bits per heavy atom. The lowest BCUT2D eigenvalue weighted by Gasteiger charge is -1.86. The van der Waals surface area contributed by atoms with Crippen LogP contribution in [0.3, 0.4) is 0 Å². The molecular weight excluding hydrogens is 168 g/mol. The molecule has 1 rings (SSSR count). The highest BCUT2D eigenvalue weighted by Crippen LogP contribution is 1.95. The van der Waals surface area contributed by atoms with Gasteiger partial charge in [0.2, 0.25) is 0 Å². The molecule has 70 valence electrons. The molecule has 0 aromatic carbocycles. The Kier molecular flexibility index (Phi) is 8.34. The lowest BCUT2D eigenvalue weighted by Crippen LogP contribution is -1.66. The van der Waals surface area contributed by atoms with Gasteiger partial charge in [-0.15, -0.1) is 21.5 Å². The van der Waals surface area contributed by atoms with E-state index in [1.807, 2.05) is 6.92 Å². The highest BCUT2D eigenvalue weighted by Gasteiger charge is 1.78. The van der Waals surface area contributed by atoms with Gasteiger partial charge in [0, 0.05) is 0 Å². The van der Waals surface area contributed by atoms with E-state index in [2.05, 4.69) is 24.0 Å². The standard InChI is InChI=1S/C6H14.C3H4N2S/c1-3-5-6-4-2;1-3-5-4-2-6-3/h3-6H2,1-2H3;2H,1H3. The van der Waals surface area contributed by atoms with Gasteiger partial charge >= 0.3 is 0 Å². The van der Waals surface area contributed by atoms with Gasteiger partial charge in [0.1, 0.15) is 10.5 Å². The maximum Gasteiger partial charge on any atom is 0.114 e. The summed E-state index contributed by atoms with van der Waals surface area (Å²) < 4.78 is 0. The highest BCUT2D eigenvalue weighted by atomic mass is 32.1. The minimum Gasteiger partial charge on any atom is -0.147 e. The molecule has 0 amide bonds. The van der Waals surface area contributed by atoms with Gasteiger partial charge in [-0.2, -0.15) is 0 Å². The molecule has 2 nitrogen and oxygen atoms in total. The highest BCUT2D eigenvalue weighted by molar-refractivity contribution is 7.09. The molecule has 0 N–H and O–H groups in total. The van der Waals surface area contributed by atoms with Crippen LogP contribution in [0.25, 0.3) is 0 Å². The molecule has 1 aromatic heterocycles. The van der Waals surface area contributed by atoms with Crippen molar-refractivity contribution in [3.8, 4) is 0 Å². The Morgan fingerprint density at radius 3 is 2.00 bits per heavy atom. The SMILES string of the molecule is CCCCCC.Cc1nncs1. The van der Waals surface area contributed by atoms with Gasteiger partial charge in [-0.05, 0) is 6.92 Å². The Bertz CT molecular complexity index is 157. The summed E-state index contributed by atoms with van der Waals surface area (Å²) in [5.74, 6) is 0. The average Bonchev–Trinajstić information content (AvgIpc) is 2.53. The summed E-state index contributed by atoms with van der Waals surface area (Å²) in [7, 11) is 0. The Balaban J connectivity index is 0.000000202. The number of aryl methyl sites for hydroxylation is 1. The first-order chi connectivity index (χ1) is 5.81. The fourth-order valence-corrected chi connectivity index (χ4v) is 1.07. The number of hydrogen-bond acceptors (Lipinski definition) is 3. The third kappa shape index (κ3) is 7.66. The molecule has 12 heavy (non-hydrogen) atoms. The van der Waals surface area contributed by atoms with E-state index in [1.54, 1.807) is 16.8 Å². The zero-order valence-electron chi connectivity index (χ0n) is 8.21. The van der Waals surface area contributed by atoms with Crippen molar-refractivity contribution in [3.63, 3.8) is 0 Å². The molecule has 0 unspecified atom stereocenters. The number of aromatic nitrogens is 2. The van der Waals surface area contributed by atoms with Gasteiger partial charge < -0.3 is 0 Å². The summed E-state index contributed by atoms with van der Waals surface area (Å²) in [6.45, 7) is 6.39. The van der Waals surface area contributed by atoms with E-state index in [0.29, 0.717) is 0 Å². The van der Waals surface area contributed by atoms with Gasteiger partial charge in [-0.1, -0.05) is 39.5 Å². The summed E-state index contributed by atoms with van der Waals surface area (Å²) in [5, 5.41) is 8.30. The third-order valence-corrected chi connectivity index (χ3v) is 2.05. The molecule has 0 aliphatic rings. The Morgan fingerprint density at radius 2 is 1.83 bits per heavy atom. The van der Waals surface area contributed by atoms with Crippen LogP contribution >= 0.6 is 11.3 Å². The summed E-state index contributed by atoms with van der Waals surface area (Å²) in [4.78, 5) is 0. The van der Waals surface area contributed by atoms with E-state index in [4.69, 9.17) is 0 Å².